The van der Waals surface area contributed by atoms with Crippen molar-refractivity contribution in [3.05, 3.63) is 16.7 Å². The van der Waals surface area contributed by atoms with Crippen LogP contribution in [0.1, 0.15) is 5.56 Å². The van der Waals surface area contributed by atoms with Gasteiger partial charge in [0, 0.05) is 0 Å². The van der Waals surface area contributed by atoms with Crippen LogP contribution in [0.25, 0.3) is 0 Å². The Balaban J connectivity index is 3.38. The van der Waals surface area contributed by atoms with Crippen molar-refractivity contribution >= 4 is 23.2 Å². The second-order valence-electron chi connectivity index (χ2n) is 2.29. The third-order valence-electron chi connectivity index (χ3n) is 1.30. The van der Waals surface area contributed by atoms with Gasteiger partial charge in [0.05, 0.1) is 5.02 Å². The van der Waals surface area contributed by atoms with E-state index in [1.54, 1.807) is 0 Å². The van der Waals surface area contributed by atoms with Crippen molar-refractivity contribution < 1.29 is 13.2 Å². The zero-order valence-corrected chi connectivity index (χ0v) is 6.95. The fourth-order valence-corrected chi connectivity index (χ4v) is 1.15. The summed E-state index contributed by atoms with van der Waals surface area (Å²) in [5.74, 6) is -0.854. The van der Waals surface area contributed by atoms with Crippen molar-refractivity contribution in [2.75, 3.05) is 11.5 Å². The number of pyridine rings is 1. The van der Waals surface area contributed by atoms with Crippen molar-refractivity contribution in [2.24, 2.45) is 0 Å². The molecule has 0 bridgehead atoms. The van der Waals surface area contributed by atoms with E-state index in [9.17, 15) is 13.2 Å². The quantitative estimate of drug-likeness (QED) is 0.689. The van der Waals surface area contributed by atoms with Crippen LogP contribution >= 0.6 is 11.6 Å². The second-order valence-corrected chi connectivity index (χ2v) is 2.69. The van der Waals surface area contributed by atoms with Gasteiger partial charge in [-0.25, -0.2) is 4.98 Å². The Hall–Kier alpha value is -1.17. The molecule has 7 heteroatoms. The molecule has 0 aliphatic heterocycles. The summed E-state index contributed by atoms with van der Waals surface area (Å²) in [6.45, 7) is 0. The number of hydrogen-bond acceptors (Lipinski definition) is 3. The number of nitrogens with zero attached hydrogens (tertiary/aromatic N) is 1. The Bertz CT molecular complexity index is 313. The predicted molar refractivity (Wildman–Crippen MR) is 43.1 cm³/mol. The van der Waals surface area contributed by atoms with Crippen LogP contribution < -0.4 is 11.5 Å². The van der Waals surface area contributed by atoms with Crippen molar-refractivity contribution in [3.63, 3.8) is 0 Å². The van der Waals surface area contributed by atoms with E-state index in [1.165, 1.54) is 0 Å². The first kappa shape index (κ1) is 9.91. The number of aromatic nitrogens is 1. The zero-order chi connectivity index (χ0) is 10.2. The van der Waals surface area contributed by atoms with Crippen LogP contribution in [0.15, 0.2) is 6.07 Å². The van der Waals surface area contributed by atoms with Gasteiger partial charge in [-0.05, 0) is 6.07 Å². The van der Waals surface area contributed by atoms with E-state index in [4.69, 9.17) is 23.1 Å². The maximum Gasteiger partial charge on any atom is 0.421 e. The number of hydrogen-bond donors (Lipinski definition) is 2. The number of halogens is 4. The SMILES string of the molecule is Nc1cc(Cl)c(C(F)(F)F)c(N)n1. The number of nitrogens with two attached hydrogens (primary N) is 2. The third-order valence-corrected chi connectivity index (χ3v) is 1.60. The molecule has 72 valence electrons. The molecule has 13 heavy (non-hydrogen) atoms. The molecule has 4 N–H and O–H groups in total. The highest BCUT2D eigenvalue weighted by atomic mass is 35.5. The molecule has 0 aliphatic rings. The van der Waals surface area contributed by atoms with Crippen LogP contribution in [0.4, 0.5) is 24.8 Å². The summed E-state index contributed by atoms with van der Waals surface area (Å²) in [7, 11) is 0. The molecule has 0 saturated carbocycles. The largest absolute Gasteiger partial charge is 0.421 e. The van der Waals surface area contributed by atoms with Crippen LogP contribution in [0, 0.1) is 0 Å². The van der Waals surface area contributed by atoms with Crippen LogP contribution in [0.3, 0.4) is 0 Å². The standard InChI is InChI=1S/C6H5ClF3N3/c7-2-1-3(11)13-5(12)4(2)6(8,9)10/h1H,(H4,11,12,13). The summed E-state index contributed by atoms with van der Waals surface area (Å²) >= 11 is 5.30. The van der Waals surface area contributed by atoms with E-state index in [-0.39, 0.29) is 5.82 Å². The lowest BCUT2D eigenvalue weighted by Crippen LogP contribution is -2.12. The van der Waals surface area contributed by atoms with E-state index < -0.39 is 22.6 Å². The van der Waals surface area contributed by atoms with E-state index in [0.717, 1.165) is 6.07 Å². The zero-order valence-electron chi connectivity index (χ0n) is 6.19. The highest BCUT2D eigenvalue weighted by molar-refractivity contribution is 6.32. The van der Waals surface area contributed by atoms with Crippen molar-refractivity contribution in [1.29, 1.82) is 0 Å². The minimum Gasteiger partial charge on any atom is -0.384 e. The first-order valence-corrected chi connectivity index (χ1v) is 3.49. The van der Waals surface area contributed by atoms with Gasteiger partial charge in [-0.2, -0.15) is 13.2 Å². The average molecular weight is 212 g/mol. The molecule has 0 amide bonds. The summed E-state index contributed by atoms with van der Waals surface area (Å²) in [4.78, 5) is 3.25. The molecule has 0 spiro atoms. The van der Waals surface area contributed by atoms with E-state index in [1.807, 2.05) is 0 Å². The molecule has 1 aromatic rings. The molecule has 0 aromatic carbocycles. The van der Waals surface area contributed by atoms with Crippen LogP contribution in [0.5, 0.6) is 0 Å². The van der Waals surface area contributed by atoms with E-state index in [2.05, 4.69) is 4.98 Å². The van der Waals surface area contributed by atoms with Crippen molar-refractivity contribution in [1.82, 2.24) is 4.98 Å². The Labute approximate surface area is 76.5 Å². The summed E-state index contributed by atoms with van der Waals surface area (Å²) in [5, 5.41) is -0.544. The summed E-state index contributed by atoms with van der Waals surface area (Å²) in [6, 6.07) is 0.904. The van der Waals surface area contributed by atoms with Crippen molar-refractivity contribution in [3.8, 4) is 0 Å². The van der Waals surface area contributed by atoms with E-state index >= 15 is 0 Å². The Kier molecular flexibility index (Phi) is 2.25. The molecule has 0 fully saturated rings. The highest BCUT2D eigenvalue weighted by Crippen LogP contribution is 2.38. The van der Waals surface area contributed by atoms with Gasteiger partial charge in [-0.15, -0.1) is 0 Å². The van der Waals surface area contributed by atoms with Crippen LogP contribution in [0.2, 0.25) is 5.02 Å². The van der Waals surface area contributed by atoms with Gasteiger partial charge in [0.1, 0.15) is 17.2 Å². The maximum atomic E-state index is 12.2. The molecule has 0 aliphatic carbocycles. The van der Waals surface area contributed by atoms with Gasteiger partial charge < -0.3 is 11.5 Å². The van der Waals surface area contributed by atoms with Gasteiger partial charge in [-0.3, -0.25) is 0 Å². The van der Waals surface area contributed by atoms with Gasteiger partial charge in [0.2, 0.25) is 0 Å². The lowest BCUT2D eigenvalue weighted by Gasteiger charge is -2.10. The highest BCUT2D eigenvalue weighted by Gasteiger charge is 2.36. The van der Waals surface area contributed by atoms with Gasteiger partial charge in [0.15, 0.2) is 0 Å². The molecule has 0 radical (unpaired) electrons. The number of alkyl halides is 3. The smallest absolute Gasteiger partial charge is 0.384 e. The van der Waals surface area contributed by atoms with Crippen molar-refractivity contribution in [2.45, 2.75) is 6.18 Å². The molecule has 1 aromatic heterocycles. The Morgan fingerprint density at radius 2 is 1.85 bits per heavy atom. The van der Waals surface area contributed by atoms with Gasteiger partial charge in [-0.1, -0.05) is 11.6 Å². The molecule has 1 heterocycles. The maximum absolute atomic E-state index is 12.2. The molecular weight excluding hydrogens is 207 g/mol. The van der Waals surface area contributed by atoms with Crippen LogP contribution in [-0.4, -0.2) is 4.98 Å². The minimum atomic E-state index is -4.61. The Morgan fingerprint density at radius 3 is 2.23 bits per heavy atom. The van der Waals surface area contributed by atoms with Gasteiger partial charge >= 0.3 is 6.18 Å². The lowest BCUT2D eigenvalue weighted by molar-refractivity contribution is -0.137. The lowest BCUT2D eigenvalue weighted by atomic mass is 10.2. The van der Waals surface area contributed by atoms with Gasteiger partial charge in [0.25, 0.3) is 0 Å². The number of rotatable bonds is 0. The third kappa shape index (κ3) is 1.95. The molecule has 0 atom stereocenters. The first-order valence-electron chi connectivity index (χ1n) is 3.11. The summed E-state index contributed by atoms with van der Waals surface area (Å²) in [6.07, 6.45) is -4.61. The number of nitrogen functional groups attached to an aromatic ring is 2. The fourth-order valence-electron chi connectivity index (χ4n) is 0.832. The first-order chi connectivity index (χ1) is 5.82. The molecule has 0 saturated heterocycles. The predicted octanol–water partition coefficient (Wildman–Crippen LogP) is 1.92. The number of anilines is 2. The topological polar surface area (TPSA) is 64.9 Å². The summed E-state index contributed by atoms with van der Waals surface area (Å²) in [5.41, 5.74) is 8.99. The average Bonchev–Trinajstić information content (AvgIpc) is 1.78. The molecule has 0 unspecified atom stereocenters. The molecular formula is C6H5ClF3N3. The second kappa shape index (κ2) is 2.95. The normalized spacial score (nSPS) is 11.7. The Morgan fingerprint density at radius 1 is 1.31 bits per heavy atom. The molecule has 3 nitrogen and oxygen atoms in total. The fraction of sp³-hybridized carbons (Fsp3) is 0.167. The van der Waals surface area contributed by atoms with Crippen LogP contribution in [-0.2, 0) is 6.18 Å². The van der Waals surface area contributed by atoms with E-state index in [0.29, 0.717) is 0 Å². The molecule has 1 rings (SSSR count). The monoisotopic (exact) mass is 211 g/mol. The minimum absolute atomic E-state index is 0.143. The summed E-state index contributed by atoms with van der Waals surface area (Å²) < 4.78 is 36.6.